The maximum absolute atomic E-state index is 11.3. The minimum absolute atomic E-state index is 0.211. The quantitative estimate of drug-likeness (QED) is 0.751. The Hall–Kier alpha value is -0.770. The summed E-state index contributed by atoms with van der Waals surface area (Å²) in [6.45, 7) is 7.46. The van der Waals surface area contributed by atoms with Gasteiger partial charge >= 0.3 is 6.09 Å². The molecule has 1 atom stereocenters. The zero-order valence-electron chi connectivity index (χ0n) is 9.58. The number of nitrogens with zero attached hydrogens (tertiary/aromatic N) is 1. The molecule has 2 aliphatic heterocycles. The average molecular weight is 212 g/mol. The van der Waals surface area contributed by atoms with Crippen LogP contribution in [0, 0.1) is 0 Å². The Labute approximate surface area is 91.0 Å². The zero-order valence-corrected chi connectivity index (χ0v) is 9.58. The average Bonchev–Trinajstić information content (AvgIpc) is 2.56. The first-order valence-electron chi connectivity index (χ1n) is 5.92. The summed E-state index contributed by atoms with van der Waals surface area (Å²) < 4.78 is 5.51. The third kappa shape index (κ3) is 1.83. The number of hydrogen-bond acceptors (Lipinski definition) is 3. The van der Waals surface area contributed by atoms with Crippen LogP contribution in [0.3, 0.4) is 0 Å². The second-order valence-corrected chi connectivity index (χ2v) is 4.49. The molecule has 1 amide bonds. The van der Waals surface area contributed by atoms with E-state index in [1.54, 1.807) is 0 Å². The smallest absolute Gasteiger partial charge is 0.408 e. The minimum atomic E-state index is -0.230. The maximum Gasteiger partial charge on any atom is 0.408 e. The molecule has 15 heavy (non-hydrogen) atoms. The number of carbonyl (C=O) groups excluding carboxylic acids is 1. The number of amides is 1. The van der Waals surface area contributed by atoms with Gasteiger partial charge in [-0.3, -0.25) is 0 Å². The number of likely N-dealkylation sites (tertiary alicyclic amines) is 1. The number of rotatable bonds is 2. The van der Waals surface area contributed by atoms with Crippen molar-refractivity contribution in [1.29, 1.82) is 0 Å². The summed E-state index contributed by atoms with van der Waals surface area (Å²) in [7, 11) is 0. The molecular formula is C11H20N2O2. The normalized spacial score (nSPS) is 30.3. The van der Waals surface area contributed by atoms with Gasteiger partial charge < -0.3 is 15.0 Å². The van der Waals surface area contributed by atoms with Gasteiger partial charge in [0.15, 0.2) is 0 Å². The Balaban J connectivity index is 2.04. The van der Waals surface area contributed by atoms with Crippen LogP contribution in [-0.2, 0) is 4.74 Å². The molecular weight excluding hydrogens is 192 g/mol. The molecule has 2 rings (SSSR count). The van der Waals surface area contributed by atoms with Gasteiger partial charge in [0.05, 0.1) is 6.04 Å². The lowest BCUT2D eigenvalue weighted by Crippen LogP contribution is -2.51. The standard InChI is InChI=1S/C11H20N2O2/c1-3-9-11(15-10(14)12-9)5-7-13(4-2)8-6-11/h9H,3-8H2,1-2H3,(H,12,14). The van der Waals surface area contributed by atoms with Crippen molar-refractivity contribution in [3.8, 4) is 0 Å². The summed E-state index contributed by atoms with van der Waals surface area (Å²) >= 11 is 0. The van der Waals surface area contributed by atoms with Crippen LogP contribution in [0.5, 0.6) is 0 Å². The van der Waals surface area contributed by atoms with Crippen molar-refractivity contribution in [2.45, 2.75) is 44.8 Å². The predicted molar refractivity (Wildman–Crippen MR) is 57.8 cm³/mol. The van der Waals surface area contributed by atoms with Crippen LogP contribution in [0.15, 0.2) is 0 Å². The van der Waals surface area contributed by atoms with Crippen molar-refractivity contribution in [3.05, 3.63) is 0 Å². The predicted octanol–water partition coefficient (Wildman–Crippen LogP) is 1.36. The van der Waals surface area contributed by atoms with Crippen LogP contribution in [0.2, 0.25) is 0 Å². The fourth-order valence-electron chi connectivity index (χ4n) is 2.73. The van der Waals surface area contributed by atoms with Gasteiger partial charge in [-0.2, -0.15) is 0 Å². The Morgan fingerprint density at radius 3 is 2.67 bits per heavy atom. The SMILES string of the molecule is CCC1NC(=O)OC12CCN(CC)CC2. The van der Waals surface area contributed by atoms with E-state index >= 15 is 0 Å². The summed E-state index contributed by atoms with van der Waals surface area (Å²) in [4.78, 5) is 13.7. The van der Waals surface area contributed by atoms with E-state index in [9.17, 15) is 4.79 Å². The second-order valence-electron chi connectivity index (χ2n) is 4.49. The third-order valence-corrected chi connectivity index (χ3v) is 3.78. The molecule has 0 aliphatic carbocycles. The molecule has 0 radical (unpaired) electrons. The van der Waals surface area contributed by atoms with Gasteiger partial charge in [0, 0.05) is 25.9 Å². The molecule has 0 bridgehead atoms. The highest BCUT2D eigenvalue weighted by Crippen LogP contribution is 2.35. The highest BCUT2D eigenvalue weighted by molar-refractivity contribution is 5.71. The molecule has 1 spiro atoms. The van der Waals surface area contributed by atoms with Gasteiger partial charge in [-0.15, -0.1) is 0 Å². The lowest BCUT2D eigenvalue weighted by Gasteiger charge is -2.39. The van der Waals surface area contributed by atoms with Crippen LogP contribution < -0.4 is 5.32 Å². The van der Waals surface area contributed by atoms with Gasteiger partial charge in [-0.05, 0) is 13.0 Å². The van der Waals surface area contributed by atoms with Gasteiger partial charge in [0.25, 0.3) is 0 Å². The van der Waals surface area contributed by atoms with E-state index in [0.29, 0.717) is 0 Å². The van der Waals surface area contributed by atoms with Crippen LogP contribution >= 0.6 is 0 Å². The number of hydrogen-bond donors (Lipinski definition) is 1. The largest absolute Gasteiger partial charge is 0.441 e. The Kier molecular flexibility index (Phi) is 2.87. The molecule has 2 saturated heterocycles. The van der Waals surface area contributed by atoms with E-state index in [1.165, 1.54) is 0 Å². The molecule has 2 heterocycles. The van der Waals surface area contributed by atoms with E-state index < -0.39 is 0 Å². The zero-order chi connectivity index (χ0) is 10.9. The first kappa shape index (κ1) is 10.7. The monoisotopic (exact) mass is 212 g/mol. The molecule has 2 aliphatic rings. The van der Waals surface area contributed by atoms with Gasteiger partial charge in [-0.25, -0.2) is 4.79 Å². The van der Waals surface area contributed by atoms with Crippen molar-refractivity contribution in [2.75, 3.05) is 19.6 Å². The minimum Gasteiger partial charge on any atom is -0.441 e. The van der Waals surface area contributed by atoms with E-state index in [-0.39, 0.29) is 17.7 Å². The second kappa shape index (κ2) is 4.00. The fourth-order valence-corrected chi connectivity index (χ4v) is 2.73. The Bertz CT molecular complexity index is 247. The molecule has 2 fully saturated rings. The van der Waals surface area contributed by atoms with Crippen LogP contribution in [0.1, 0.15) is 33.1 Å². The topological polar surface area (TPSA) is 41.6 Å². The van der Waals surface area contributed by atoms with Gasteiger partial charge in [0.2, 0.25) is 0 Å². The van der Waals surface area contributed by atoms with Crippen molar-refractivity contribution >= 4 is 6.09 Å². The number of ether oxygens (including phenoxy) is 1. The van der Waals surface area contributed by atoms with E-state index in [0.717, 1.165) is 38.9 Å². The summed E-state index contributed by atoms with van der Waals surface area (Å²) in [5, 5.41) is 2.92. The molecule has 0 aromatic heterocycles. The van der Waals surface area contributed by atoms with E-state index in [1.807, 2.05) is 0 Å². The summed E-state index contributed by atoms with van der Waals surface area (Å²) in [6.07, 6.45) is 2.67. The first-order chi connectivity index (χ1) is 7.20. The number of piperidine rings is 1. The molecule has 1 N–H and O–H groups in total. The third-order valence-electron chi connectivity index (χ3n) is 3.78. The molecule has 4 heteroatoms. The molecule has 0 aromatic rings. The van der Waals surface area contributed by atoms with Crippen molar-refractivity contribution < 1.29 is 9.53 Å². The lowest BCUT2D eigenvalue weighted by molar-refractivity contribution is -0.0179. The Morgan fingerprint density at radius 1 is 1.47 bits per heavy atom. The molecule has 86 valence electrons. The number of alkyl carbamates (subject to hydrolysis) is 1. The van der Waals surface area contributed by atoms with E-state index in [4.69, 9.17) is 4.74 Å². The number of nitrogens with one attached hydrogen (secondary N) is 1. The van der Waals surface area contributed by atoms with Gasteiger partial charge in [-0.1, -0.05) is 13.8 Å². The van der Waals surface area contributed by atoms with Crippen molar-refractivity contribution in [1.82, 2.24) is 10.2 Å². The molecule has 4 nitrogen and oxygen atoms in total. The van der Waals surface area contributed by atoms with E-state index in [2.05, 4.69) is 24.1 Å². The lowest BCUT2D eigenvalue weighted by atomic mass is 9.83. The molecule has 1 unspecified atom stereocenters. The highest BCUT2D eigenvalue weighted by Gasteiger charge is 2.49. The summed E-state index contributed by atoms with van der Waals surface area (Å²) in [5.41, 5.74) is -0.211. The van der Waals surface area contributed by atoms with Crippen LogP contribution in [0.25, 0.3) is 0 Å². The first-order valence-corrected chi connectivity index (χ1v) is 5.92. The van der Waals surface area contributed by atoms with Crippen molar-refractivity contribution in [3.63, 3.8) is 0 Å². The molecule has 0 saturated carbocycles. The van der Waals surface area contributed by atoms with Crippen LogP contribution in [-0.4, -0.2) is 42.3 Å². The van der Waals surface area contributed by atoms with Crippen LogP contribution in [0.4, 0.5) is 4.79 Å². The summed E-state index contributed by atoms with van der Waals surface area (Å²) in [5.74, 6) is 0. The number of carbonyl (C=O) groups is 1. The van der Waals surface area contributed by atoms with Crippen molar-refractivity contribution in [2.24, 2.45) is 0 Å². The Morgan fingerprint density at radius 2 is 2.13 bits per heavy atom. The fraction of sp³-hybridized carbons (Fsp3) is 0.909. The van der Waals surface area contributed by atoms with Gasteiger partial charge in [0.1, 0.15) is 5.60 Å². The maximum atomic E-state index is 11.3. The highest BCUT2D eigenvalue weighted by atomic mass is 16.6. The molecule has 0 aromatic carbocycles. The summed E-state index contributed by atoms with van der Waals surface area (Å²) in [6, 6.07) is 0.212.